The second-order valence-electron chi connectivity index (χ2n) is 15.6. The van der Waals surface area contributed by atoms with E-state index in [1.807, 2.05) is 24.3 Å². The summed E-state index contributed by atoms with van der Waals surface area (Å²) in [6, 6.07) is 79.4. The molecule has 0 aliphatic rings. The number of hydrogen-bond donors (Lipinski definition) is 0. The first-order valence-corrected chi connectivity index (χ1v) is 20.9. The number of para-hydroxylation sites is 2. The van der Waals surface area contributed by atoms with Crippen LogP contribution >= 0.6 is 0 Å². The molecule has 0 spiro atoms. The Bertz CT molecular complexity index is 3590. The van der Waals surface area contributed by atoms with Crippen LogP contribution in [0.4, 0.5) is 0 Å². The highest BCUT2D eigenvalue weighted by Gasteiger charge is 2.22. The smallest absolute Gasteiger partial charge is 0.238 e. The Labute approximate surface area is 358 Å². The maximum atomic E-state index is 5.30. The molecule has 0 amide bonds. The van der Waals surface area contributed by atoms with Crippen LogP contribution < -0.4 is 0 Å². The molecule has 0 unspecified atom stereocenters. The molecule has 12 rings (SSSR count). The average Bonchev–Trinajstić information content (AvgIpc) is 3.86. The highest BCUT2D eigenvalue weighted by molar-refractivity contribution is 6.19. The molecule has 5 heteroatoms. The molecule has 0 fully saturated rings. The molecule has 290 valence electrons. The van der Waals surface area contributed by atoms with Crippen molar-refractivity contribution >= 4 is 43.6 Å². The molecular weight excluding hydrogens is 755 g/mol. The van der Waals surface area contributed by atoms with E-state index in [2.05, 4.69) is 209 Å². The van der Waals surface area contributed by atoms with Gasteiger partial charge in [0.25, 0.3) is 0 Å². The van der Waals surface area contributed by atoms with Gasteiger partial charge in [-0.2, -0.15) is 9.97 Å². The van der Waals surface area contributed by atoms with Crippen molar-refractivity contribution in [1.29, 1.82) is 0 Å². The van der Waals surface area contributed by atoms with Gasteiger partial charge in [-0.3, -0.25) is 4.57 Å². The van der Waals surface area contributed by atoms with Crippen molar-refractivity contribution < 1.29 is 0 Å². The lowest BCUT2D eigenvalue weighted by Crippen LogP contribution is -2.06. The van der Waals surface area contributed by atoms with Crippen LogP contribution in [-0.2, 0) is 0 Å². The molecule has 0 N–H and O–H groups in total. The van der Waals surface area contributed by atoms with Gasteiger partial charge in [-0.05, 0) is 64.2 Å². The third kappa shape index (κ3) is 5.98. The van der Waals surface area contributed by atoms with Gasteiger partial charge < -0.3 is 4.57 Å². The minimum Gasteiger partial charge on any atom is -0.309 e. The number of nitrogens with zero attached hydrogens (tertiary/aromatic N) is 5. The molecule has 3 heterocycles. The van der Waals surface area contributed by atoms with Crippen molar-refractivity contribution in [1.82, 2.24) is 24.1 Å². The van der Waals surface area contributed by atoms with Gasteiger partial charge in [0, 0.05) is 38.2 Å². The quantitative estimate of drug-likeness (QED) is 0.162. The molecule has 12 aromatic rings. The van der Waals surface area contributed by atoms with Gasteiger partial charge in [-0.25, -0.2) is 4.98 Å². The first-order valence-electron chi connectivity index (χ1n) is 20.9. The fraction of sp³-hybridized carbons (Fsp3) is 0. The zero-order chi connectivity index (χ0) is 41.0. The van der Waals surface area contributed by atoms with Crippen LogP contribution in [0.5, 0.6) is 0 Å². The number of benzene rings is 9. The third-order valence-corrected chi connectivity index (χ3v) is 12.0. The van der Waals surface area contributed by atoms with E-state index in [-0.39, 0.29) is 0 Å². The summed E-state index contributed by atoms with van der Waals surface area (Å²) < 4.78 is 4.66. The van der Waals surface area contributed by atoms with E-state index in [1.54, 1.807) is 0 Å². The van der Waals surface area contributed by atoms with E-state index in [1.165, 1.54) is 21.9 Å². The fourth-order valence-corrected chi connectivity index (χ4v) is 9.05. The predicted molar refractivity (Wildman–Crippen MR) is 256 cm³/mol. The highest BCUT2D eigenvalue weighted by Crippen LogP contribution is 2.42. The summed E-state index contributed by atoms with van der Waals surface area (Å²) >= 11 is 0. The first kappa shape index (κ1) is 35.5. The summed E-state index contributed by atoms with van der Waals surface area (Å²) in [5.74, 6) is 1.79. The van der Waals surface area contributed by atoms with Crippen LogP contribution in [-0.4, -0.2) is 24.1 Å². The summed E-state index contributed by atoms with van der Waals surface area (Å²) in [6.45, 7) is 0. The minimum atomic E-state index is 0.561. The minimum absolute atomic E-state index is 0.561. The second-order valence-corrected chi connectivity index (χ2v) is 15.6. The van der Waals surface area contributed by atoms with E-state index in [4.69, 9.17) is 15.0 Å². The normalized spacial score (nSPS) is 11.5. The molecule has 0 atom stereocenters. The SMILES string of the molecule is c1ccc(-c2ccc(-c3nc(-c4ccccc4)nc(-n4c5ccccc5c5cc6c7ccccc7n(-c7ccc(-c8ccccc8)cc7-c7ccccc7)c6cc54)n3)cc2)cc1. The van der Waals surface area contributed by atoms with Gasteiger partial charge in [0.15, 0.2) is 11.6 Å². The standard InChI is InChI=1S/C57H37N5/c1-5-17-38(18-6-1)40-29-31-43(32-30-40)56-58-55(42-23-11-4-12-24-42)59-57(60-56)62-51-28-16-14-26-46(51)49-36-48-45-25-13-15-27-50(45)61(53(48)37-54(49)62)52-34-33-44(39-19-7-2-8-20-39)35-47(52)41-21-9-3-10-22-41/h1-37H. The maximum absolute atomic E-state index is 5.30. The maximum Gasteiger partial charge on any atom is 0.238 e. The lowest BCUT2D eigenvalue weighted by atomic mass is 9.97. The molecule has 0 aliphatic carbocycles. The second kappa shape index (κ2) is 14.7. The summed E-state index contributed by atoms with van der Waals surface area (Å²) in [6.07, 6.45) is 0. The van der Waals surface area contributed by atoms with Gasteiger partial charge in [0.05, 0.1) is 27.8 Å². The van der Waals surface area contributed by atoms with Crippen LogP contribution in [0.1, 0.15) is 0 Å². The number of aromatic nitrogens is 5. The van der Waals surface area contributed by atoms with E-state index in [9.17, 15) is 0 Å². The molecule has 3 aromatic heterocycles. The largest absolute Gasteiger partial charge is 0.309 e. The Balaban J connectivity index is 1.12. The van der Waals surface area contributed by atoms with Crippen molar-refractivity contribution in [3.8, 4) is 67.8 Å². The Kier molecular flexibility index (Phi) is 8.42. The third-order valence-electron chi connectivity index (χ3n) is 12.0. The lowest BCUT2D eigenvalue weighted by Gasteiger charge is -2.16. The average molecular weight is 792 g/mol. The van der Waals surface area contributed by atoms with Crippen LogP contribution in [0.2, 0.25) is 0 Å². The summed E-state index contributed by atoms with van der Waals surface area (Å²) in [7, 11) is 0. The van der Waals surface area contributed by atoms with Crippen molar-refractivity contribution in [2.75, 3.05) is 0 Å². The molecule has 0 aliphatic heterocycles. The zero-order valence-electron chi connectivity index (χ0n) is 33.6. The van der Waals surface area contributed by atoms with Gasteiger partial charge in [0.2, 0.25) is 5.95 Å². The molecule has 0 saturated carbocycles. The molecule has 0 bridgehead atoms. The van der Waals surface area contributed by atoms with Gasteiger partial charge in [-0.15, -0.1) is 0 Å². The monoisotopic (exact) mass is 791 g/mol. The van der Waals surface area contributed by atoms with Crippen molar-refractivity contribution in [3.05, 3.63) is 224 Å². The lowest BCUT2D eigenvalue weighted by molar-refractivity contribution is 0.953. The molecule has 9 aromatic carbocycles. The number of fused-ring (bicyclic) bond motifs is 6. The van der Waals surface area contributed by atoms with Crippen LogP contribution in [0.3, 0.4) is 0 Å². The molecule has 0 radical (unpaired) electrons. The van der Waals surface area contributed by atoms with E-state index >= 15 is 0 Å². The van der Waals surface area contributed by atoms with Crippen molar-refractivity contribution in [3.63, 3.8) is 0 Å². The van der Waals surface area contributed by atoms with E-state index < -0.39 is 0 Å². The van der Waals surface area contributed by atoms with E-state index in [0.29, 0.717) is 17.6 Å². The van der Waals surface area contributed by atoms with Gasteiger partial charge >= 0.3 is 0 Å². The summed E-state index contributed by atoms with van der Waals surface area (Å²) in [4.78, 5) is 15.7. The molecule has 62 heavy (non-hydrogen) atoms. The summed E-state index contributed by atoms with van der Waals surface area (Å²) in [5, 5.41) is 4.64. The molecule has 0 saturated heterocycles. The van der Waals surface area contributed by atoms with Crippen LogP contribution in [0.15, 0.2) is 224 Å². The van der Waals surface area contributed by atoms with Gasteiger partial charge in [0.1, 0.15) is 0 Å². The molecular formula is C57H37N5. The Morgan fingerprint density at radius 3 is 1.27 bits per heavy atom. The Morgan fingerprint density at radius 1 is 0.258 bits per heavy atom. The van der Waals surface area contributed by atoms with Crippen LogP contribution in [0.25, 0.3) is 111 Å². The molecule has 5 nitrogen and oxygen atoms in total. The number of hydrogen-bond acceptors (Lipinski definition) is 3. The Morgan fingerprint density at radius 2 is 0.677 bits per heavy atom. The van der Waals surface area contributed by atoms with E-state index in [0.717, 1.165) is 71.9 Å². The Hall–Kier alpha value is -8.41. The van der Waals surface area contributed by atoms with Crippen molar-refractivity contribution in [2.45, 2.75) is 0 Å². The first-order chi connectivity index (χ1) is 30.7. The fourth-order valence-electron chi connectivity index (χ4n) is 9.05. The van der Waals surface area contributed by atoms with Crippen molar-refractivity contribution in [2.24, 2.45) is 0 Å². The predicted octanol–water partition coefficient (Wildman–Crippen LogP) is 14.4. The highest BCUT2D eigenvalue weighted by atomic mass is 15.2. The van der Waals surface area contributed by atoms with Gasteiger partial charge in [-0.1, -0.05) is 188 Å². The zero-order valence-corrected chi connectivity index (χ0v) is 33.6. The van der Waals surface area contributed by atoms with Crippen LogP contribution in [0, 0.1) is 0 Å². The topological polar surface area (TPSA) is 48.5 Å². The number of rotatable bonds is 7. The summed E-state index contributed by atoms with van der Waals surface area (Å²) in [5.41, 5.74) is 14.2.